The standard InChI is InChI=1S/C23H16IN3O3/c1-15-5-2-3-6-16(15)9-12-22-25-21-11-10-17(24)13-20(21)23(28)26(22)18-7-4-8-19(14-18)27(29)30/h2-14H,1H3. The van der Waals surface area contributed by atoms with E-state index in [1.807, 2.05) is 43.3 Å². The van der Waals surface area contributed by atoms with Crippen LogP contribution in [0.5, 0.6) is 0 Å². The summed E-state index contributed by atoms with van der Waals surface area (Å²) in [5.41, 5.74) is 2.70. The SMILES string of the molecule is Cc1ccccc1C=Cc1nc2ccc(I)cc2c(=O)n1-c1cccc([N+](=O)[O-])c1. The summed E-state index contributed by atoms with van der Waals surface area (Å²) in [6, 6.07) is 19.4. The maximum atomic E-state index is 13.4. The molecule has 6 nitrogen and oxygen atoms in total. The molecule has 1 heterocycles. The fourth-order valence-corrected chi connectivity index (χ4v) is 3.71. The molecule has 0 aliphatic rings. The summed E-state index contributed by atoms with van der Waals surface area (Å²) in [6.07, 6.45) is 3.66. The smallest absolute Gasteiger partial charge is 0.268 e. The van der Waals surface area contributed by atoms with Gasteiger partial charge in [-0.15, -0.1) is 0 Å². The lowest BCUT2D eigenvalue weighted by Gasteiger charge is -2.12. The molecule has 0 radical (unpaired) electrons. The van der Waals surface area contributed by atoms with E-state index >= 15 is 0 Å². The van der Waals surface area contributed by atoms with Crippen molar-refractivity contribution in [2.75, 3.05) is 0 Å². The van der Waals surface area contributed by atoms with Gasteiger partial charge in [0.05, 0.1) is 21.5 Å². The quantitative estimate of drug-likeness (QED) is 0.210. The highest BCUT2D eigenvalue weighted by Crippen LogP contribution is 2.21. The monoisotopic (exact) mass is 509 g/mol. The van der Waals surface area contributed by atoms with Gasteiger partial charge in [0.15, 0.2) is 0 Å². The van der Waals surface area contributed by atoms with Gasteiger partial charge in [-0.1, -0.05) is 36.4 Å². The van der Waals surface area contributed by atoms with E-state index in [1.54, 1.807) is 30.3 Å². The number of nitro groups is 1. The number of nitro benzene ring substituents is 1. The molecule has 4 aromatic rings. The molecule has 0 saturated heterocycles. The van der Waals surface area contributed by atoms with Crippen LogP contribution in [0.25, 0.3) is 28.7 Å². The average Bonchev–Trinajstić information content (AvgIpc) is 2.74. The first-order valence-electron chi connectivity index (χ1n) is 9.15. The molecule has 0 saturated carbocycles. The molecule has 0 bridgehead atoms. The lowest BCUT2D eigenvalue weighted by atomic mass is 10.1. The molecular formula is C23H16IN3O3. The van der Waals surface area contributed by atoms with Crippen molar-refractivity contribution in [2.45, 2.75) is 6.92 Å². The van der Waals surface area contributed by atoms with E-state index in [2.05, 4.69) is 27.6 Å². The third-order valence-electron chi connectivity index (χ3n) is 4.76. The van der Waals surface area contributed by atoms with Gasteiger partial charge in [-0.05, 0) is 71.0 Å². The molecule has 0 unspecified atom stereocenters. The molecule has 30 heavy (non-hydrogen) atoms. The van der Waals surface area contributed by atoms with E-state index in [1.165, 1.54) is 16.7 Å². The minimum atomic E-state index is -0.477. The number of nitrogens with zero attached hydrogens (tertiary/aromatic N) is 3. The summed E-state index contributed by atoms with van der Waals surface area (Å²) in [5, 5.41) is 11.7. The molecule has 0 aliphatic heterocycles. The molecule has 0 amide bonds. The molecule has 0 spiro atoms. The first kappa shape index (κ1) is 20.0. The van der Waals surface area contributed by atoms with Crippen LogP contribution in [0.4, 0.5) is 5.69 Å². The van der Waals surface area contributed by atoms with Crippen molar-refractivity contribution >= 4 is 51.3 Å². The van der Waals surface area contributed by atoms with Crippen LogP contribution in [0.3, 0.4) is 0 Å². The highest BCUT2D eigenvalue weighted by molar-refractivity contribution is 14.1. The van der Waals surface area contributed by atoms with E-state index < -0.39 is 4.92 Å². The van der Waals surface area contributed by atoms with Crippen molar-refractivity contribution < 1.29 is 4.92 Å². The second kappa shape index (κ2) is 8.19. The van der Waals surface area contributed by atoms with Gasteiger partial charge < -0.3 is 0 Å². The van der Waals surface area contributed by atoms with E-state index in [9.17, 15) is 14.9 Å². The first-order valence-corrected chi connectivity index (χ1v) is 10.2. The normalized spacial score (nSPS) is 11.3. The molecule has 3 aromatic carbocycles. The molecule has 0 atom stereocenters. The Hall–Kier alpha value is -3.33. The van der Waals surface area contributed by atoms with E-state index in [4.69, 9.17) is 0 Å². The van der Waals surface area contributed by atoms with Crippen molar-refractivity contribution in [1.82, 2.24) is 9.55 Å². The lowest BCUT2D eigenvalue weighted by molar-refractivity contribution is -0.384. The maximum Gasteiger partial charge on any atom is 0.271 e. The van der Waals surface area contributed by atoms with Crippen LogP contribution in [0, 0.1) is 20.6 Å². The molecule has 1 aromatic heterocycles. The van der Waals surface area contributed by atoms with Crippen LogP contribution >= 0.6 is 22.6 Å². The summed E-state index contributed by atoms with van der Waals surface area (Å²) in [7, 11) is 0. The van der Waals surface area contributed by atoms with Crippen LogP contribution in [0.1, 0.15) is 17.0 Å². The van der Waals surface area contributed by atoms with Crippen molar-refractivity contribution in [2.24, 2.45) is 0 Å². The van der Waals surface area contributed by atoms with E-state index in [0.717, 1.165) is 14.7 Å². The number of hydrogen-bond acceptors (Lipinski definition) is 4. The predicted octanol–water partition coefficient (Wildman–Crippen LogP) is 5.38. The van der Waals surface area contributed by atoms with Crippen LogP contribution in [-0.2, 0) is 0 Å². The maximum absolute atomic E-state index is 13.4. The van der Waals surface area contributed by atoms with Gasteiger partial charge in [-0.3, -0.25) is 19.5 Å². The van der Waals surface area contributed by atoms with Gasteiger partial charge >= 0.3 is 0 Å². The molecule has 7 heteroatoms. The minimum Gasteiger partial charge on any atom is -0.268 e. The first-order chi connectivity index (χ1) is 14.4. The zero-order valence-electron chi connectivity index (χ0n) is 15.9. The molecule has 0 N–H and O–H groups in total. The molecule has 4 rings (SSSR count). The highest BCUT2D eigenvalue weighted by Gasteiger charge is 2.14. The average molecular weight is 509 g/mol. The molecule has 0 aliphatic carbocycles. The Balaban J connectivity index is 1.99. The fourth-order valence-electron chi connectivity index (χ4n) is 3.22. The van der Waals surface area contributed by atoms with Gasteiger partial charge in [0.25, 0.3) is 11.2 Å². The molecule has 0 fully saturated rings. The summed E-state index contributed by atoms with van der Waals surface area (Å²) in [5.74, 6) is 0.400. The Labute approximate surface area is 185 Å². The Morgan fingerprint density at radius 3 is 2.60 bits per heavy atom. The third-order valence-corrected chi connectivity index (χ3v) is 5.43. The Bertz CT molecular complexity index is 1380. The summed E-state index contributed by atoms with van der Waals surface area (Å²) in [4.78, 5) is 28.8. The number of hydrogen-bond donors (Lipinski definition) is 0. The highest BCUT2D eigenvalue weighted by atomic mass is 127. The third kappa shape index (κ3) is 3.88. The zero-order chi connectivity index (χ0) is 21.3. The minimum absolute atomic E-state index is 0.0871. The Morgan fingerprint density at radius 1 is 1.03 bits per heavy atom. The van der Waals surface area contributed by atoms with E-state index in [-0.39, 0.29) is 11.2 Å². The van der Waals surface area contributed by atoms with Crippen LogP contribution < -0.4 is 5.56 Å². The topological polar surface area (TPSA) is 78.0 Å². The van der Waals surface area contributed by atoms with Gasteiger partial charge in [-0.2, -0.15) is 0 Å². The van der Waals surface area contributed by atoms with Crippen LogP contribution in [0.2, 0.25) is 0 Å². The molecule has 148 valence electrons. The number of aryl methyl sites for hydroxylation is 1. The number of fused-ring (bicyclic) bond motifs is 1. The Morgan fingerprint density at radius 2 is 1.83 bits per heavy atom. The Kier molecular flexibility index (Phi) is 5.45. The number of halogens is 1. The van der Waals surface area contributed by atoms with Crippen molar-refractivity contribution in [3.05, 3.63) is 108 Å². The molecular weight excluding hydrogens is 493 g/mol. The second-order valence-corrected chi connectivity index (χ2v) is 7.98. The van der Waals surface area contributed by atoms with Crippen molar-refractivity contribution in [3.63, 3.8) is 0 Å². The predicted molar refractivity (Wildman–Crippen MR) is 127 cm³/mol. The van der Waals surface area contributed by atoms with Crippen molar-refractivity contribution in [3.8, 4) is 5.69 Å². The van der Waals surface area contributed by atoms with Crippen LogP contribution in [-0.4, -0.2) is 14.5 Å². The number of benzene rings is 3. The van der Waals surface area contributed by atoms with Gasteiger partial charge in [0.1, 0.15) is 5.82 Å². The van der Waals surface area contributed by atoms with E-state index in [0.29, 0.717) is 22.4 Å². The lowest BCUT2D eigenvalue weighted by Crippen LogP contribution is -2.22. The van der Waals surface area contributed by atoms with Gasteiger partial charge in [0, 0.05) is 15.7 Å². The van der Waals surface area contributed by atoms with Crippen LogP contribution in [0.15, 0.2) is 71.5 Å². The number of aromatic nitrogens is 2. The van der Waals surface area contributed by atoms with Crippen molar-refractivity contribution in [1.29, 1.82) is 0 Å². The summed E-state index contributed by atoms with van der Waals surface area (Å²) < 4.78 is 2.33. The second-order valence-electron chi connectivity index (χ2n) is 6.74. The number of non-ortho nitro benzene ring substituents is 1. The largest absolute Gasteiger partial charge is 0.271 e. The summed E-state index contributed by atoms with van der Waals surface area (Å²) in [6.45, 7) is 2.00. The van der Waals surface area contributed by atoms with Gasteiger partial charge in [0.2, 0.25) is 0 Å². The van der Waals surface area contributed by atoms with Gasteiger partial charge in [-0.25, -0.2) is 4.98 Å². The summed E-state index contributed by atoms with van der Waals surface area (Å²) >= 11 is 2.14. The fraction of sp³-hybridized carbons (Fsp3) is 0.0435. The number of rotatable bonds is 4. The zero-order valence-corrected chi connectivity index (χ0v) is 18.1.